The zero-order valence-corrected chi connectivity index (χ0v) is 12.6. The van der Waals surface area contributed by atoms with E-state index in [4.69, 9.17) is 4.74 Å². The Morgan fingerprint density at radius 2 is 2.19 bits per heavy atom. The number of nitrogens with one attached hydrogen (secondary N) is 2. The van der Waals surface area contributed by atoms with Gasteiger partial charge >= 0.3 is 0 Å². The van der Waals surface area contributed by atoms with Crippen LogP contribution in [-0.2, 0) is 4.79 Å². The summed E-state index contributed by atoms with van der Waals surface area (Å²) in [6.45, 7) is 1.85. The van der Waals surface area contributed by atoms with Gasteiger partial charge in [-0.05, 0) is 32.1 Å². The molecule has 2 fully saturated rings. The largest absolute Gasteiger partial charge is 0.481 e. The predicted molar refractivity (Wildman–Crippen MR) is 79.2 cm³/mol. The molecule has 0 spiro atoms. The molecular weight excluding hydrogens is 268 g/mol. The summed E-state index contributed by atoms with van der Waals surface area (Å²) in [6.07, 6.45) is 5.88. The van der Waals surface area contributed by atoms with E-state index in [9.17, 15) is 4.79 Å². The third-order valence-electron chi connectivity index (χ3n) is 4.45. The van der Waals surface area contributed by atoms with Crippen LogP contribution in [0.4, 0.5) is 5.95 Å². The number of hydrogen-bond donors (Lipinski definition) is 2. The maximum atomic E-state index is 12.4. The summed E-state index contributed by atoms with van der Waals surface area (Å²) in [5.74, 6) is 1.37. The third kappa shape index (κ3) is 3.15. The second-order valence-electron chi connectivity index (χ2n) is 5.97. The fraction of sp³-hybridized carbons (Fsp3) is 0.667. The lowest BCUT2D eigenvalue weighted by atomic mass is 9.85. The molecule has 0 bridgehead atoms. The Morgan fingerprint density at radius 3 is 2.95 bits per heavy atom. The van der Waals surface area contributed by atoms with E-state index in [2.05, 4.69) is 20.6 Å². The standard InChI is InChI=1S/C15H22N4O2/c1-9-7-13(21-2)18-15(16-9)19-14(20)12-8-10-5-3-4-6-11(10)17-12/h7,10-12,17H,3-6,8H2,1-2H3,(H,16,18,19,20). The number of aryl methyl sites for hydroxylation is 1. The van der Waals surface area contributed by atoms with Crippen molar-refractivity contribution in [3.05, 3.63) is 11.8 Å². The van der Waals surface area contributed by atoms with E-state index in [1.165, 1.54) is 25.7 Å². The van der Waals surface area contributed by atoms with Crippen molar-refractivity contribution in [1.29, 1.82) is 0 Å². The van der Waals surface area contributed by atoms with Gasteiger partial charge in [-0.3, -0.25) is 10.1 Å². The highest BCUT2D eigenvalue weighted by Gasteiger charge is 2.38. The van der Waals surface area contributed by atoms with Crippen LogP contribution in [0.1, 0.15) is 37.8 Å². The Hall–Kier alpha value is -1.69. The Bertz CT molecular complexity index is 520. The molecule has 1 amide bonds. The quantitative estimate of drug-likeness (QED) is 0.885. The molecule has 1 saturated heterocycles. The highest BCUT2D eigenvalue weighted by Crippen LogP contribution is 2.33. The van der Waals surface area contributed by atoms with Gasteiger partial charge < -0.3 is 10.1 Å². The van der Waals surface area contributed by atoms with Crippen LogP contribution < -0.4 is 15.4 Å². The van der Waals surface area contributed by atoms with Crippen molar-refractivity contribution in [2.75, 3.05) is 12.4 Å². The Kier molecular flexibility index (Phi) is 4.05. The topological polar surface area (TPSA) is 76.1 Å². The molecule has 1 aromatic rings. The molecule has 1 aliphatic carbocycles. The predicted octanol–water partition coefficient (Wildman–Crippen LogP) is 1.65. The minimum absolute atomic E-state index is 0.0444. The lowest BCUT2D eigenvalue weighted by Gasteiger charge is -2.24. The molecule has 6 nitrogen and oxygen atoms in total. The number of methoxy groups -OCH3 is 1. The van der Waals surface area contributed by atoms with Crippen LogP contribution in [0.5, 0.6) is 5.88 Å². The second kappa shape index (κ2) is 5.97. The van der Waals surface area contributed by atoms with Crippen molar-refractivity contribution in [1.82, 2.24) is 15.3 Å². The Morgan fingerprint density at radius 1 is 1.38 bits per heavy atom. The van der Waals surface area contributed by atoms with E-state index in [0.717, 1.165) is 12.1 Å². The first-order chi connectivity index (χ1) is 10.2. The zero-order chi connectivity index (χ0) is 14.8. The van der Waals surface area contributed by atoms with Gasteiger partial charge in [0.05, 0.1) is 13.2 Å². The molecule has 1 aromatic heterocycles. The summed E-state index contributed by atoms with van der Waals surface area (Å²) in [4.78, 5) is 20.8. The SMILES string of the molecule is COc1cc(C)nc(NC(=O)C2CC3CCCCC3N2)n1. The number of carbonyl (C=O) groups is 1. The minimum atomic E-state index is -0.131. The van der Waals surface area contributed by atoms with Crippen molar-refractivity contribution in [3.8, 4) is 5.88 Å². The van der Waals surface area contributed by atoms with Crippen LogP contribution in [0.2, 0.25) is 0 Å². The summed E-state index contributed by atoms with van der Waals surface area (Å²) >= 11 is 0. The number of carbonyl (C=O) groups excluding carboxylic acids is 1. The van der Waals surface area contributed by atoms with Gasteiger partial charge in [0.1, 0.15) is 0 Å². The van der Waals surface area contributed by atoms with Crippen molar-refractivity contribution in [2.45, 2.75) is 51.1 Å². The number of ether oxygens (including phenoxy) is 1. The number of rotatable bonds is 3. The van der Waals surface area contributed by atoms with Gasteiger partial charge in [0, 0.05) is 17.8 Å². The second-order valence-corrected chi connectivity index (χ2v) is 5.97. The molecule has 3 atom stereocenters. The van der Waals surface area contributed by atoms with Crippen LogP contribution in [0.25, 0.3) is 0 Å². The van der Waals surface area contributed by atoms with E-state index in [1.807, 2.05) is 6.92 Å². The third-order valence-corrected chi connectivity index (χ3v) is 4.45. The fourth-order valence-electron chi connectivity index (χ4n) is 3.42. The molecule has 3 unspecified atom stereocenters. The van der Waals surface area contributed by atoms with E-state index < -0.39 is 0 Å². The molecular formula is C15H22N4O2. The van der Waals surface area contributed by atoms with Gasteiger partial charge in [0.25, 0.3) is 0 Å². The molecule has 6 heteroatoms. The van der Waals surface area contributed by atoms with Crippen LogP contribution >= 0.6 is 0 Å². The first-order valence-electron chi connectivity index (χ1n) is 7.62. The number of hydrogen-bond acceptors (Lipinski definition) is 5. The molecule has 3 rings (SSSR count). The van der Waals surface area contributed by atoms with Gasteiger partial charge in [-0.15, -0.1) is 0 Å². The summed E-state index contributed by atoms with van der Waals surface area (Å²) < 4.78 is 5.10. The van der Waals surface area contributed by atoms with Crippen LogP contribution in [0.15, 0.2) is 6.07 Å². The van der Waals surface area contributed by atoms with Crippen molar-refractivity contribution >= 4 is 11.9 Å². The molecule has 2 aliphatic rings. The molecule has 1 aliphatic heterocycles. The summed E-state index contributed by atoms with van der Waals surface area (Å²) in [7, 11) is 1.55. The lowest BCUT2D eigenvalue weighted by Crippen LogP contribution is -2.40. The van der Waals surface area contributed by atoms with Crippen molar-refractivity contribution in [3.63, 3.8) is 0 Å². The zero-order valence-electron chi connectivity index (χ0n) is 12.6. The van der Waals surface area contributed by atoms with Gasteiger partial charge in [0.2, 0.25) is 17.7 Å². The molecule has 1 saturated carbocycles. The highest BCUT2D eigenvalue weighted by atomic mass is 16.5. The minimum Gasteiger partial charge on any atom is -0.481 e. The van der Waals surface area contributed by atoms with Crippen molar-refractivity contribution in [2.24, 2.45) is 5.92 Å². The lowest BCUT2D eigenvalue weighted by molar-refractivity contribution is -0.117. The van der Waals surface area contributed by atoms with Gasteiger partial charge in [-0.25, -0.2) is 4.98 Å². The molecule has 2 heterocycles. The first-order valence-corrected chi connectivity index (χ1v) is 7.62. The maximum Gasteiger partial charge on any atom is 0.243 e. The monoisotopic (exact) mass is 290 g/mol. The van der Waals surface area contributed by atoms with Crippen LogP contribution in [0, 0.1) is 12.8 Å². The van der Waals surface area contributed by atoms with Gasteiger partial charge in [0.15, 0.2) is 0 Å². The molecule has 114 valence electrons. The number of nitrogens with zero attached hydrogens (tertiary/aromatic N) is 2. The average molecular weight is 290 g/mol. The van der Waals surface area contributed by atoms with Gasteiger partial charge in [-0.2, -0.15) is 4.98 Å². The number of fused-ring (bicyclic) bond motifs is 1. The Labute approximate surface area is 124 Å². The molecule has 21 heavy (non-hydrogen) atoms. The summed E-state index contributed by atoms with van der Waals surface area (Å²) in [6, 6.07) is 2.11. The first kappa shape index (κ1) is 14.3. The molecule has 2 N–H and O–H groups in total. The summed E-state index contributed by atoms with van der Waals surface area (Å²) in [5, 5.41) is 6.26. The molecule has 0 radical (unpaired) electrons. The number of amides is 1. The van der Waals surface area contributed by atoms with Gasteiger partial charge in [-0.1, -0.05) is 12.8 Å². The smallest absolute Gasteiger partial charge is 0.243 e. The number of aromatic nitrogens is 2. The van der Waals surface area contributed by atoms with E-state index in [1.54, 1.807) is 13.2 Å². The van der Waals surface area contributed by atoms with Crippen molar-refractivity contribution < 1.29 is 9.53 Å². The van der Waals surface area contributed by atoms with Crippen LogP contribution in [0.3, 0.4) is 0 Å². The summed E-state index contributed by atoms with van der Waals surface area (Å²) in [5.41, 5.74) is 0.769. The normalized spacial score (nSPS) is 28.0. The molecule has 0 aromatic carbocycles. The van der Waals surface area contributed by atoms with E-state index in [-0.39, 0.29) is 11.9 Å². The Balaban J connectivity index is 1.65. The van der Waals surface area contributed by atoms with Crippen LogP contribution in [-0.4, -0.2) is 35.1 Å². The number of anilines is 1. The average Bonchev–Trinajstić information content (AvgIpc) is 2.90. The maximum absolute atomic E-state index is 12.4. The van der Waals surface area contributed by atoms with E-state index in [0.29, 0.717) is 23.8 Å². The highest BCUT2D eigenvalue weighted by molar-refractivity contribution is 5.93. The van der Waals surface area contributed by atoms with E-state index >= 15 is 0 Å². The fourth-order valence-corrected chi connectivity index (χ4v) is 3.42.